The molecule has 1 atom stereocenters. The fraction of sp³-hybridized carbons (Fsp3) is 0.0769. The van der Waals surface area contributed by atoms with E-state index in [0.29, 0.717) is 5.84 Å². The first-order chi connectivity index (χ1) is 28.2. The van der Waals surface area contributed by atoms with Gasteiger partial charge in [0.05, 0.1) is 22.8 Å². The molecule has 57 heavy (non-hydrogen) atoms. The third kappa shape index (κ3) is 5.09. The molecular formula is C52H35N3O2. The predicted octanol–water partition coefficient (Wildman–Crippen LogP) is 13.9. The summed E-state index contributed by atoms with van der Waals surface area (Å²) in [4.78, 5) is 11.3. The summed E-state index contributed by atoms with van der Waals surface area (Å²) >= 11 is 0. The van der Waals surface area contributed by atoms with E-state index >= 15 is 0 Å². The summed E-state index contributed by atoms with van der Waals surface area (Å²) in [7, 11) is 0. The molecule has 11 aromatic rings. The molecule has 4 heterocycles. The highest BCUT2D eigenvalue weighted by atomic mass is 16.3. The highest BCUT2D eigenvalue weighted by Crippen LogP contribution is 2.42. The van der Waals surface area contributed by atoms with Crippen molar-refractivity contribution in [2.24, 2.45) is 9.98 Å². The molecule has 0 N–H and O–H groups in total. The lowest BCUT2D eigenvalue weighted by Gasteiger charge is -2.21. The molecule has 8 aromatic carbocycles. The van der Waals surface area contributed by atoms with Crippen LogP contribution in [0.4, 0.5) is 0 Å². The van der Waals surface area contributed by atoms with Crippen LogP contribution >= 0.6 is 0 Å². The van der Waals surface area contributed by atoms with Gasteiger partial charge in [-0.3, -0.25) is 4.99 Å². The molecule has 0 saturated carbocycles. The normalized spacial score (nSPS) is 15.2. The standard InChI is InChI=1S/C52H35N3O2/c1-2-13-32(14-3-1)43-20-12-21-44(35-25-28-49-42(30-35)38-19-8-10-23-47(38)56-49)54-52(53-43)40-27-26-39-37-18-7-11-24-48(37)57-51(39)50(40)55-45-22-9-6-17-36(45)41-29-33-15-4-5-16-34(33)31-46(41)55/h1-11,13-19,22-31,44H,12,20-21H2. The van der Waals surface area contributed by atoms with Crippen molar-refractivity contribution in [3.8, 4) is 5.69 Å². The summed E-state index contributed by atoms with van der Waals surface area (Å²) < 4.78 is 15.6. The van der Waals surface area contributed by atoms with Gasteiger partial charge in [-0.2, -0.15) is 0 Å². The molecular weight excluding hydrogens is 699 g/mol. The number of rotatable bonds is 4. The van der Waals surface area contributed by atoms with Gasteiger partial charge in [0.1, 0.15) is 22.4 Å². The lowest BCUT2D eigenvalue weighted by atomic mass is 9.95. The van der Waals surface area contributed by atoms with Gasteiger partial charge in [0.2, 0.25) is 0 Å². The molecule has 3 aromatic heterocycles. The van der Waals surface area contributed by atoms with E-state index in [4.69, 9.17) is 18.8 Å². The average molecular weight is 734 g/mol. The van der Waals surface area contributed by atoms with Crippen molar-refractivity contribution in [3.63, 3.8) is 0 Å². The molecule has 270 valence electrons. The molecule has 5 heteroatoms. The van der Waals surface area contributed by atoms with Gasteiger partial charge in [0, 0.05) is 37.9 Å². The van der Waals surface area contributed by atoms with Crippen LogP contribution in [0.5, 0.6) is 0 Å². The molecule has 0 spiro atoms. The first-order valence-electron chi connectivity index (χ1n) is 19.7. The maximum Gasteiger partial charge on any atom is 0.160 e. The van der Waals surface area contributed by atoms with Crippen molar-refractivity contribution >= 4 is 88.0 Å². The van der Waals surface area contributed by atoms with Crippen LogP contribution in [0.15, 0.2) is 189 Å². The Kier molecular flexibility index (Phi) is 7.11. The highest BCUT2D eigenvalue weighted by molar-refractivity contribution is 6.20. The Morgan fingerprint density at radius 3 is 2.04 bits per heavy atom. The van der Waals surface area contributed by atoms with E-state index in [0.717, 1.165) is 102 Å². The van der Waals surface area contributed by atoms with Gasteiger partial charge in [-0.1, -0.05) is 115 Å². The lowest BCUT2D eigenvalue weighted by Crippen LogP contribution is -2.14. The molecule has 0 aliphatic carbocycles. The van der Waals surface area contributed by atoms with Crippen molar-refractivity contribution in [1.82, 2.24) is 4.57 Å². The van der Waals surface area contributed by atoms with Gasteiger partial charge >= 0.3 is 0 Å². The summed E-state index contributed by atoms with van der Waals surface area (Å²) in [5.74, 6) is 0.694. The maximum atomic E-state index is 6.95. The SMILES string of the molecule is c1ccc(C2=NC(c3ccc4c(oc5ccccc54)c3-n3c4ccccc4c4cc5ccccc5cc43)=NC(c3ccc4oc5ccccc5c4c3)CCC2)cc1. The third-order valence-electron chi connectivity index (χ3n) is 11.8. The van der Waals surface area contributed by atoms with Crippen molar-refractivity contribution in [3.05, 3.63) is 187 Å². The third-order valence-corrected chi connectivity index (χ3v) is 11.8. The smallest absolute Gasteiger partial charge is 0.160 e. The van der Waals surface area contributed by atoms with Gasteiger partial charge in [0.25, 0.3) is 0 Å². The zero-order chi connectivity index (χ0) is 37.5. The van der Waals surface area contributed by atoms with Crippen molar-refractivity contribution in [2.75, 3.05) is 0 Å². The fourth-order valence-corrected chi connectivity index (χ4v) is 9.12. The molecule has 1 unspecified atom stereocenters. The summed E-state index contributed by atoms with van der Waals surface area (Å²) in [6, 6.07) is 60.0. The number of fused-ring (bicyclic) bond motifs is 10. The average Bonchev–Trinajstić information content (AvgIpc) is 3.92. The van der Waals surface area contributed by atoms with Crippen molar-refractivity contribution in [2.45, 2.75) is 25.3 Å². The minimum atomic E-state index is -0.125. The van der Waals surface area contributed by atoms with Gasteiger partial charge in [-0.25, -0.2) is 4.99 Å². The minimum Gasteiger partial charge on any atom is -0.456 e. The second-order valence-electron chi connectivity index (χ2n) is 15.1. The Bertz CT molecular complexity index is 3450. The maximum absolute atomic E-state index is 6.95. The van der Waals surface area contributed by atoms with Crippen molar-refractivity contribution < 1.29 is 8.83 Å². The molecule has 0 radical (unpaired) electrons. The monoisotopic (exact) mass is 733 g/mol. The van der Waals surface area contributed by atoms with E-state index in [1.807, 2.05) is 18.2 Å². The number of hydrogen-bond acceptors (Lipinski definition) is 4. The van der Waals surface area contributed by atoms with E-state index in [-0.39, 0.29) is 6.04 Å². The van der Waals surface area contributed by atoms with Crippen LogP contribution in [0.3, 0.4) is 0 Å². The first-order valence-corrected chi connectivity index (χ1v) is 19.7. The second-order valence-corrected chi connectivity index (χ2v) is 15.1. The van der Waals surface area contributed by atoms with Gasteiger partial charge < -0.3 is 13.4 Å². The molecule has 12 rings (SSSR count). The zero-order valence-corrected chi connectivity index (χ0v) is 31.0. The molecule has 1 aliphatic heterocycles. The van der Waals surface area contributed by atoms with Crippen LogP contribution in [0.25, 0.3) is 82.1 Å². The number of aromatic nitrogens is 1. The van der Waals surface area contributed by atoms with Gasteiger partial charge in [-0.05, 0) is 95.8 Å². The van der Waals surface area contributed by atoms with Crippen LogP contribution in [0.1, 0.15) is 42.0 Å². The first kappa shape index (κ1) is 32.0. The van der Waals surface area contributed by atoms with Crippen LogP contribution in [0.2, 0.25) is 0 Å². The van der Waals surface area contributed by atoms with Crippen LogP contribution in [0, 0.1) is 0 Å². The number of amidine groups is 1. The van der Waals surface area contributed by atoms with E-state index in [1.54, 1.807) is 0 Å². The molecule has 5 nitrogen and oxygen atoms in total. The summed E-state index contributed by atoms with van der Waals surface area (Å²) in [5, 5.41) is 9.13. The number of furan rings is 2. The number of para-hydroxylation sites is 3. The summed E-state index contributed by atoms with van der Waals surface area (Å²) in [6.07, 6.45) is 2.66. The van der Waals surface area contributed by atoms with Crippen LogP contribution in [-0.2, 0) is 0 Å². The fourth-order valence-electron chi connectivity index (χ4n) is 9.12. The Balaban J connectivity index is 1.18. The van der Waals surface area contributed by atoms with Crippen molar-refractivity contribution in [1.29, 1.82) is 0 Å². The molecule has 0 fully saturated rings. The van der Waals surface area contributed by atoms with Crippen LogP contribution < -0.4 is 0 Å². The zero-order valence-electron chi connectivity index (χ0n) is 31.0. The number of benzene rings is 8. The Hall–Kier alpha value is -7.24. The Labute approximate surface area is 327 Å². The predicted molar refractivity (Wildman–Crippen MR) is 235 cm³/mol. The van der Waals surface area contributed by atoms with E-state index in [2.05, 4.69) is 156 Å². The van der Waals surface area contributed by atoms with Crippen LogP contribution in [-0.4, -0.2) is 16.1 Å². The number of aliphatic imine (C=N–C) groups is 2. The number of nitrogens with zero attached hydrogens (tertiary/aromatic N) is 3. The molecule has 0 amide bonds. The Morgan fingerprint density at radius 2 is 1.19 bits per heavy atom. The molecule has 0 bridgehead atoms. The molecule has 1 aliphatic rings. The lowest BCUT2D eigenvalue weighted by molar-refractivity contribution is 0.621. The quantitative estimate of drug-likeness (QED) is 0.181. The summed E-state index contributed by atoms with van der Waals surface area (Å²) in [5.41, 5.74) is 10.8. The van der Waals surface area contributed by atoms with Gasteiger partial charge in [-0.15, -0.1) is 0 Å². The minimum absolute atomic E-state index is 0.125. The second kappa shape index (κ2) is 12.7. The summed E-state index contributed by atoms with van der Waals surface area (Å²) in [6.45, 7) is 0. The van der Waals surface area contributed by atoms with E-state index in [9.17, 15) is 0 Å². The largest absolute Gasteiger partial charge is 0.456 e. The Morgan fingerprint density at radius 1 is 0.509 bits per heavy atom. The topological polar surface area (TPSA) is 55.9 Å². The van der Waals surface area contributed by atoms with Gasteiger partial charge in [0.15, 0.2) is 11.4 Å². The highest BCUT2D eigenvalue weighted by Gasteiger charge is 2.26. The van der Waals surface area contributed by atoms with E-state index in [1.165, 1.54) is 21.5 Å². The van der Waals surface area contributed by atoms with E-state index < -0.39 is 0 Å². The number of hydrogen-bond donors (Lipinski definition) is 0. The molecule has 0 saturated heterocycles.